The molecule has 0 spiro atoms. The minimum atomic E-state index is -3.90. The van der Waals surface area contributed by atoms with Crippen LogP contribution < -0.4 is 4.74 Å². The van der Waals surface area contributed by atoms with Gasteiger partial charge < -0.3 is 9.64 Å². The summed E-state index contributed by atoms with van der Waals surface area (Å²) in [5.74, 6) is -0.504. The molecule has 0 radical (unpaired) electrons. The Balaban J connectivity index is 1.95. The molecule has 0 aliphatic rings. The summed E-state index contributed by atoms with van der Waals surface area (Å²) in [6.45, 7) is 1.73. The molecule has 1 amide bonds. The molecule has 2 aromatic rings. The fourth-order valence-corrected chi connectivity index (χ4v) is 3.71. The van der Waals surface area contributed by atoms with Gasteiger partial charge in [-0.15, -0.1) is 0 Å². The van der Waals surface area contributed by atoms with Crippen LogP contribution in [0.25, 0.3) is 0 Å². The monoisotopic (exact) mass is 399 g/mol. The predicted molar refractivity (Wildman–Crippen MR) is 97.6 cm³/mol. The number of sulfone groups is 1. The molecule has 0 saturated carbocycles. The third-order valence-corrected chi connectivity index (χ3v) is 6.15. The van der Waals surface area contributed by atoms with Gasteiger partial charge in [0.15, 0.2) is 9.84 Å². The maximum atomic E-state index is 13.0. The predicted octanol–water partition coefficient (Wildman–Crippen LogP) is 3.18. The smallest absolute Gasteiger partial charge is 0.240 e. The van der Waals surface area contributed by atoms with E-state index in [4.69, 9.17) is 16.3 Å². The van der Waals surface area contributed by atoms with Crippen molar-refractivity contribution in [2.24, 2.45) is 0 Å². The summed E-state index contributed by atoms with van der Waals surface area (Å²) < 4.78 is 43.5. The Morgan fingerprint density at radius 2 is 1.73 bits per heavy atom. The van der Waals surface area contributed by atoms with Gasteiger partial charge in [-0.3, -0.25) is 4.79 Å². The number of amides is 1. The van der Waals surface area contributed by atoms with Crippen LogP contribution in [0, 0.1) is 5.82 Å². The Morgan fingerprint density at radius 3 is 2.31 bits per heavy atom. The van der Waals surface area contributed by atoms with Gasteiger partial charge in [0.1, 0.15) is 23.4 Å². The Kier molecular flexibility index (Phi) is 6.61. The van der Waals surface area contributed by atoms with Gasteiger partial charge in [-0.1, -0.05) is 11.6 Å². The van der Waals surface area contributed by atoms with Crippen molar-refractivity contribution in [3.8, 4) is 5.75 Å². The highest BCUT2D eigenvalue weighted by Crippen LogP contribution is 2.18. The molecule has 0 aliphatic heterocycles. The van der Waals surface area contributed by atoms with E-state index < -0.39 is 26.8 Å². The van der Waals surface area contributed by atoms with Crippen LogP contribution in [0.1, 0.15) is 6.92 Å². The van der Waals surface area contributed by atoms with Crippen molar-refractivity contribution in [2.75, 3.05) is 20.2 Å². The van der Waals surface area contributed by atoms with Crippen molar-refractivity contribution < 1.29 is 22.3 Å². The van der Waals surface area contributed by atoms with Crippen LogP contribution in [-0.4, -0.2) is 44.7 Å². The van der Waals surface area contributed by atoms with E-state index in [1.165, 1.54) is 18.9 Å². The van der Waals surface area contributed by atoms with Crippen LogP contribution in [0.2, 0.25) is 5.02 Å². The molecule has 0 heterocycles. The number of ether oxygens (including phenoxy) is 1. The molecule has 140 valence electrons. The zero-order valence-corrected chi connectivity index (χ0v) is 15.9. The molecule has 0 aromatic heterocycles. The first kappa shape index (κ1) is 20.2. The van der Waals surface area contributed by atoms with E-state index >= 15 is 0 Å². The molecule has 26 heavy (non-hydrogen) atoms. The van der Waals surface area contributed by atoms with Crippen LogP contribution in [0.3, 0.4) is 0 Å². The number of halogens is 2. The van der Waals surface area contributed by atoms with E-state index in [1.807, 2.05) is 0 Å². The maximum Gasteiger partial charge on any atom is 0.240 e. The van der Waals surface area contributed by atoms with Crippen molar-refractivity contribution in [3.05, 3.63) is 59.4 Å². The number of rotatable bonds is 7. The lowest BCUT2D eigenvalue weighted by Crippen LogP contribution is -2.41. The molecule has 0 bridgehead atoms. The van der Waals surface area contributed by atoms with Crippen molar-refractivity contribution in [2.45, 2.75) is 17.1 Å². The lowest BCUT2D eigenvalue weighted by Gasteiger charge is -2.21. The first-order valence-corrected chi connectivity index (χ1v) is 9.77. The average Bonchev–Trinajstić information content (AvgIpc) is 2.62. The van der Waals surface area contributed by atoms with E-state index in [0.29, 0.717) is 10.8 Å². The number of hydrogen-bond acceptors (Lipinski definition) is 4. The van der Waals surface area contributed by atoms with Gasteiger partial charge in [0.2, 0.25) is 5.91 Å². The minimum Gasteiger partial charge on any atom is -0.492 e. The highest BCUT2D eigenvalue weighted by Gasteiger charge is 2.31. The Morgan fingerprint density at radius 1 is 1.15 bits per heavy atom. The summed E-state index contributed by atoms with van der Waals surface area (Å²) in [4.78, 5) is 13.6. The SMILES string of the molecule is C[C@@H](C(=O)N(C)CCOc1ccc(Cl)cc1)S(=O)(=O)c1ccc(F)cc1. The first-order chi connectivity index (χ1) is 12.2. The van der Waals surface area contributed by atoms with Crippen LogP contribution in [-0.2, 0) is 14.6 Å². The van der Waals surface area contributed by atoms with Crippen molar-refractivity contribution in [1.29, 1.82) is 0 Å². The summed E-state index contributed by atoms with van der Waals surface area (Å²) in [7, 11) is -2.39. The molecule has 0 saturated heterocycles. The molecular formula is C18H19ClFNO4S. The summed E-state index contributed by atoms with van der Waals surface area (Å²) in [6, 6.07) is 11.2. The zero-order valence-electron chi connectivity index (χ0n) is 14.4. The molecule has 2 aromatic carbocycles. The molecule has 2 rings (SSSR count). The van der Waals surface area contributed by atoms with E-state index in [2.05, 4.69) is 0 Å². The van der Waals surface area contributed by atoms with Crippen molar-refractivity contribution >= 4 is 27.3 Å². The van der Waals surface area contributed by atoms with E-state index in [1.54, 1.807) is 24.3 Å². The summed E-state index contributed by atoms with van der Waals surface area (Å²) >= 11 is 5.79. The highest BCUT2D eigenvalue weighted by atomic mass is 35.5. The Hall–Kier alpha value is -2.12. The lowest BCUT2D eigenvalue weighted by atomic mass is 10.3. The molecule has 0 fully saturated rings. The topological polar surface area (TPSA) is 63.7 Å². The maximum absolute atomic E-state index is 13.0. The quantitative estimate of drug-likeness (QED) is 0.671. The number of benzene rings is 2. The van der Waals surface area contributed by atoms with Gasteiger partial charge in [-0.2, -0.15) is 0 Å². The number of likely N-dealkylation sites (N-methyl/N-ethyl adjacent to an activating group) is 1. The number of nitrogens with zero attached hydrogens (tertiary/aromatic N) is 1. The fraction of sp³-hybridized carbons (Fsp3) is 0.278. The van der Waals surface area contributed by atoms with E-state index in [9.17, 15) is 17.6 Å². The number of carbonyl (C=O) groups is 1. The van der Waals surface area contributed by atoms with Gasteiger partial charge in [-0.05, 0) is 55.5 Å². The summed E-state index contributed by atoms with van der Waals surface area (Å²) in [5.41, 5.74) is 0. The van der Waals surface area contributed by atoms with Gasteiger partial charge in [-0.25, -0.2) is 12.8 Å². The normalized spacial score (nSPS) is 12.5. The van der Waals surface area contributed by atoms with Gasteiger partial charge in [0, 0.05) is 12.1 Å². The minimum absolute atomic E-state index is 0.0921. The van der Waals surface area contributed by atoms with Crippen LogP contribution in [0.4, 0.5) is 4.39 Å². The van der Waals surface area contributed by atoms with Crippen LogP contribution >= 0.6 is 11.6 Å². The second-order valence-corrected chi connectivity index (χ2v) is 8.41. The van der Waals surface area contributed by atoms with E-state index in [-0.39, 0.29) is 18.0 Å². The second-order valence-electron chi connectivity index (χ2n) is 5.70. The number of hydrogen-bond donors (Lipinski definition) is 0. The van der Waals surface area contributed by atoms with Gasteiger partial charge in [0.25, 0.3) is 0 Å². The average molecular weight is 400 g/mol. The van der Waals surface area contributed by atoms with Crippen molar-refractivity contribution in [3.63, 3.8) is 0 Å². The van der Waals surface area contributed by atoms with Crippen LogP contribution in [0.15, 0.2) is 53.4 Å². The lowest BCUT2D eigenvalue weighted by molar-refractivity contribution is -0.129. The standard InChI is InChI=1S/C18H19ClFNO4S/c1-13(26(23,24)17-9-5-15(20)6-10-17)18(22)21(2)11-12-25-16-7-3-14(19)4-8-16/h3-10,13H,11-12H2,1-2H3/t13-/m0/s1. The summed E-state index contributed by atoms with van der Waals surface area (Å²) in [5, 5.41) is -0.696. The van der Waals surface area contributed by atoms with E-state index in [0.717, 1.165) is 24.3 Å². The molecule has 8 heteroatoms. The highest BCUT2D eigenvalue weighted by molar-refractivity contribution is 7.92. The third-order valence-electron chi connectivity index (χ3n) is 3.84. The Labute approximate surface area is 157 Å². The molecule has 5 nitrogen and oxygen atoms in total. The molecule has 0 N–H and O–H groups in total. The molecule has 0 unspecified atom stereocenters. The third kappa shape index (κ3) is 4.95. The zero-order chi connectivity index (χ0) is 19.3. The number of carbonyl (C=O) groups excluding carboxylic acids is 1. The second kappa shape index (κ2) is 8.51. The van der Waals surface area contributed by atoms with Crippen molar-refractivity contribution in [1.82, 2.24) is 4.90 Å². The fourth-order valence-electron chi connectivity index (χ4n) is 2.21. The first-order valence-electron chi connectivity index (χ1n) is 7.84. The largest absolute Gasteiger partial charge is 0.492 e. The Bertz CT molecular complexity index is 854. The van der Waals surface area contributed by atoms with Gasteiger partial charge in [0.05, 0.1) is 11.4 Å². The van der Waals surface area contributed by atoms with Crippen LogP contribution in [0.5, 0.6) is 5.75 Å². The molecular weight excluding hydrogens is 381 g/mol. The molecule has 1 atom stereocenters. The van der Waals surface area contributed by atoms with Gasteiger partial charge >= 0.3 is 0 Å². The molecule has 0 aliphatic carbocycles. The summed E-state index contributed by atoms with van der Waals surface area (Å²) in [6.07, 6.45) is 0.